The maximum atomic E-state index is 8.82. The molecule has 0 bridgehead atoms. The SMILES string of the molecule is Cc1ccc(Cl)cc1Oc1cc(Br)ccc1/C(N)=N/O. The van der Waals surface area contributed by atoms with Crippen LogP contribution in [0.4, 0.5) is 0 Å². The van der Waals surface area contributed by atoms with Crippen LogP contribution in [0.15, 0.2) is 46.0 Å². The van der Waals surface area contributed by atoms with Crippen molar-refractivity contribution in [1.82, 2.24) is 0 Å². The van der Waals surface area contributed by atoms with Gasteiger partial charge in [-0.05, 0) is 42.8 Å². The van der Waals surface area contributed by atoms with Crippen LogP contribution in [0.1, 0.15) is 11.1 Å². The molecule has 2 aromatic carbocycles. The van der Waals surface area contributed by atoms with Gasteiger partial charge in [-0.2, -0.15) is 0 Å². The molecule has 3 N–H and O–H groups in total. The van der Waals surface area contributed by atoms with Gasteiger partial charge in [0.1, 0.15) is 11.5 Å². The van der Waals surface area contributed by atoms with E-state index in [1.165, 1.54) is 0 Å². The highest BCUT2D eigenvalue weighted by Gasteiger charge is 2.11. The van der Waals surface area contributed by atoms with Crippen LogP contribution in [0.5, 0.6) is 11.5 Å². The Labute approximate surface area is 129 Å². The summed E-state index contributed by atoms with van der Waals surface area (Å²) in [5.74, 6) is 1.06. The van der Waals surface area contributed by atoms with Crippen LogP contribution < -0.4 is 10.5 Å². The number of hydrogen-bond donors (Lipinski definition) is 2. The van der Waals surface area contributed by atoms with Gasteiger partial charge in [0.15, 0.2) is 5.84 Å². The number of hydrogen-bond acceptors (Lipinski definition) is 3. The zero-order valence-electron chi connectivity index (χ0n) is 10.6. The third-order valence-electron chi connectivity index (χ3n) is 2.70. The molecule has 0 aliphatic heterocycles. The first kappa shape index (κ1) is 14.7. The van der Waals surface area contributed by atoms with Gasteiger partial charge >= 0.3 is 0 Å². The molecule has 4 nitrogen and oxygen atoms in total. The summed E-state index contributed by atoms with van der Waals surface area (Å²) >= 11 is 9.33. The minimum absolute atomic E-state index is 0.0211. The number of aryl methyl sites for hydroxylation is 1. The lowest BCUT2D eigenvalue weighted by atomic mass is 10.1. The Kier molecular flexibility index (Phi) is 4.52. The van der Waals surface area contributed by atoms with Crippen molar-refractivity contribution >= 4 is 33.4 Å². The molecule has 2 aromatic rings. The molecule has 20 heavy (non-hydrogen) atoms. The van der Waals surface area contributed by atoms with E-state index in [0.29, 0.717) is 22.1 Å². The third kappa shape index (κ3) is 3.23. The zero-order chi connectivity index (χ0) is 14.7. The average molecular weight is 356 g/mol. The maximum absolute atomic E-state index is 8.82. The Bertz CT molecular complexity index is 674. The lowest BCUT2D eigenvalue weighted by Gasteiger charge is -2.13. The molecule has 0 atom stereocenters. The van der Waals surface area contributed by atoms with Gasteiger partial charge in [-0.15, -0.1) is 0 Å². The molecule has 0 unspecified atom stereocenters. The molecule has 0 saturated heterocycles. The van der Waals surface area contributed by atoms with Crippen molar-refractivity contribution in [3.8, 4) is 11.5 Å². The Morgan fingerprint density at radius 2 is 2.00 bits per heavy atom. The number of nitrogens with zero attached hydrogens (tertiary/aromatic N) is 1. The van der Waals surface area contributed by atoms with Crippen molar-refractivity contribution in [3.63, 3.8) is 0 Å². The van der Waals surface area contributed by atoms with Crippen molar-refractivity contribution in [1.29, 1.82) is 0 Å². The van der Waals surface area contributed by atoms with Gasteiger partial charge in [-0.25, -0.2) is 0 Å². The molecular weight excluding hydrogens is 344 g/mol. The molecule has 0 aliphatic rings. The molecule has 0 heterocycles. The first-order valence-corrected chi connectivity index (χ1v) is 6.90. The van der Waals surface area contributed by atoms with Crippen LogP contribution in [-0.2, 0) is 0 Å². The third-order valence-corrected chi connectivity index (χ3v) is 3.43. The van der Waals surface area contributed by atoms with Crippen LogP contribution in [-0.4, -0.2) is 11.0 Å². The second kappa shape index (κ2) is 6.15. The smallest absolute Gasteiger partial charge is 0.173 e. The molecule has 0 fully saturated rings. The second-order valence-corrected chi connectivity index (χ2v) is 5.49. The minimum Gasteiger partial charge on any atom is -0.456 e. The van der Waals surface area contributed by atoms with E-state index in [1.807, 2.05) is 13.0 Å². The standard InChI is InChI=1S/C14H12BrClN2O2/c1-8-2-4-10(16)7-12(8)20-13-6-9(15)3-5-11(13)14(17)18-19/h2-7,19H,1H3,(H2,17,18). The van der Waals surface area contributed by atoms with Gasteiger partial charge in [0, 0.05) is 9.50 Å². The Hall–Kier alpha value is -1.72. The van der Waals surface area contributed by atoms with Crippen molar-refractivity contribution in [2.75, 3.05) is 0 Å². The highest BCUT2D eigenvalue weighted by Crippen LogP contribution is 2.32. The largest absolute Gasteiger partial charge is 0.456 e. The van der Waals surface area contributed by atoms with Gasteiger partial charge < -0.3 is 15.7 Å². The molecule has 6 heteroatoms. The molecule has 0 saturated carbocycles. The van der Waals surface area contributed by atoms with Crippen LogP contribution >= 0.6 is 27.5 Å². The summed E-state index contributed by atoms with van der Waals surface area (Å²) in [5, 5.41) is 12.4. The highest BCUT2D eigenvalue weighted by atomic mass is 79.9. The van der Waals surface area contributed by atoms with Gasteiger partial charge in [0.05, 0.1) is 5.56 Å². The lowest BCUT2D eigenvalue weighted by Crippen LogP contribution is -2.14. The minimum atomic E-state index is -0.0211. The fourth-order valence-corrected chi connectivity index (χ4v) is 2.15. The molecule has 0 aliphatic carbocycles. The first-order chi connectivity index (χ1) is 9.51. The van der Waals surface area contributed by atoms with Gasteiger partial charge in [-0.3, -0.25) is 0 Å². The van der Waals surface area contributed by atoms with Crippen molar-refractivity contribution < 1.29 is 9.94 Å². The summed E-state index contributed by atoms with van der Waals surface area (Å²) in [5.41, 5.74) is 7.07. The van der Waals surface area contributed by atoms with Crippen LogP contribution in [0.3, 0.4) is 0 Å². The summed E-state index contributed by atoms with van der Waals surface area (Å²) in [6.45, 7) is 1.91. The number of rotatable bonds is 3. The second-order valence-electron chi connectivity index (χ2n) is 4.14. The molecule has 104 valence electrons. The van der Waals surface area contributed by atoms with E-state index < -0.39 is 0 Å². The van der Waals surface area contributed by atoms with Crippen molar-refractivity contribution in [2.24, 2.45) is 10.9 Å². The fourth-order valence-electron chi connectivity index (χ4n) is 1.65. The topological polar surface area (TPSA) is 67.8 Å². The number of ether oxygens (including phenoxy) is 1. The van der Waals surface area contributed by atoms with Crippen LogP contribution in [0.25, 0.3) is 0 Å². The summed E-state index contributed by atoms with van der Waals surface area (Å²) in [4.78, 5) is 0. The highest BCUT2D eigenvalue weighted by molar-refractivity contribution is 9.10. The predicted octanol–water partition coefficient (Wildman–Crippen LogP) is 4.30. The van der Waals surface area contributed by atoms with Gasteiger partial charge in [-0.1, -0.05) is 38.8 Å². The first-order valence-electron chi connectivity index (χ1n) is 5.72. The van der Waals surface area contributed by atoms with Gasteiger partial charge in [0.2, 0.25) is 0 Å². The summed E-state index contributed by atoms with van der Waals surface area (Å²) in [6.07, 6.45) is 0. The van der Waals surface area contributed by atoms with E-state index in [9.17, 15) is 0 Å². The number of halogens is 2. The van der Waals surface area contributed by atoms with E-state index >= 15 is 0 Å². The quantitative estimate of drug-likeness (QED) is 0.373. The van der Waals surface area contributed by atoms with E-state index in [4.69, 9.17) is 27.3 Å². The lowest BCUT2D eigenvalue weighted by molar-refractivity contribution is 0.318. The normalized spacial score (nSPS) is 11.4. The van der Waals surface area contributed by atoms with Crippen molar-refractivity contribution in [3.05, 3.63) is 57.0 Å². The Morgan fingerprint density at radius 3 is 2.70 bits per heavy atom. The van der Waals surface area contributed by atoms with Crippen LogP contribution in [0.2, 0.25) is 5.02 Å². The molecule has 0 aromatic heterocycles. The molecule has 0 amide bonds. The fraction of sp³-hybridized carbons (Fsp3) is 0.0714. The molecule has 2 rings (SSSR count). The molecule has 0 spiro atoms. The van der Waals surface area contributed by atoms with Gasteiger partial charge in [0.25, 0.3) is 0 Å². The predicted molar refractivity (Wildman–Crippen MR) is 82.9 cm³/mol. The Morgan fingerprint density at radius 1 is 1.25 bits per heavy atom. The van der Waals surface area contributed by atoms with E-state index in [1.54, 1.807) is 30.3 Å². The molecular formula is C14H12BrClN2O2. The van der Waals surface area contributed by atoms with Crippen LogP contribution in [0, 0.1) is 6.92 Å². The number of oxime groups is 1. The number of amidine groups is 1. The number of benzene rings is 2. The van der Waals surface area contributed by atoms with E-state index in [0.717, 1.165) is 10.0 Å². The summed E-state index contributed by atoms with van der Waals surface area (Å²) < 4.78 is 6.66. The van der Waals surface area contributed by atoms with Crippen molar-refractivity contribution in [2.45, 2.75) is 6.92 Å². The summed E-state index contributed by atoms with van der Waals surface area (Å²) in [6, 6.07) is 10.6. The molecule has 0 radical (unpaired) electrons. The zero-order valence-corrected chi connectivity index (χ0v) is 12.9. The maximum Gasteiger partial charge on any atom is 0.173 e. The van der Waals surface area contributed by atoms with E-state index in [-0.39, 0.29) is 5.84 Å². The summed E-state index contributed by atoms with van der Waals surface area (Å²) in [7, 11) is 0. The number of nitrogens with two attached hydrogens (primary N) is 1. The monoisotopic (exact) mass is 354 g/mol. The Balaban J connectivity index is 2.47. The average Bonchev–Trinajstić information content (AvgIpc) is 2.42. The van der Waals surface area contributed by atoms with E-state index in [2.05, 4.69) is 21.1 Å².